The van der Waals surface area contributed by atoms with Gasteiger partial charge in [0.05, 0.1) is 0 Å². The molecule has 4 heteroatoms. The monoisotopic (exact) mass is 627 g/mol. The SMILES string of the molecule is c1ccc(-c2cccc(-c3nc(-c4cccc(-c5ccccc5)c4)nc(-c4ccc5c(c4)oc4c(-c6ccccc6)cccc45)n3)c2)cc1. The van der Waals surface area contributed by atoms with Crippen LogP contribution in [0.4, 0.5) is 0 Å². The second-order valence-corrected chi connectivity index (χ2v) is 12.1. The molecule has 49 heavy (non-hydrogen) atoms. The Hall–Kier alpha value is -6.65. The lowest BCUT2D eigenvalue weighted by atomic mass is 10.0. The highest BCUT2D eigenvalue weighted by atomic mass is 16.3. The van der Waals surface area contributed by atoms with Crippen LogP contribution in [-0.4, -0.2) is 15.0 Å². The molecule has 0 radical (unpaired) electrons. The van der Waals surface area contributed by atoms with Crippen molar-refractivity contribution in [1.29, 1.82) is 0 Å². The minimum Gasteiger partial charge on any atom is -0.455 e. The second-order valence-electron chi connectivity index (χ2n) is 12.1. The fourth-order valence-electron chi connectivity index (χ4n) is 6.48. The lowest BCUT2D eigenvalue weighted by molar-refractivity contribution is 0.670. The molecule has 2 heterocycles. The molecule has 230 valence electrons. The predicted octanol–water partition coefficient (Wildman–Crippen LogP) is 11.8. The van der Waals surface area contributed by atoms with E-state index in [4.69, 9.17) is 19.4 Å². The molecule has 9 rings (SSSR count). The van der Waals surface area contributed by atoms with Gasteiger partial charge in [0.15, 0.2) is 17.5 Å². The summed E-state index contributed by atoms with van der Waals surface area (Å²) in [6.45, 7) is 0. The van der Waals surface area contributed by atoms with Crippen LogP contribution >= 0.6 is 0 Å². The average molecular weight is 628 g/mol. The smallest absolute Gasteiger partial charge is 0.164 e. The van der Waals surface area contributed by atoms with Crippen molar-refractivity contribution in [2.75, 3.05) is 0 Å². The van der Waals surface area contributed by atoms with Crippen molar-refractivity contribution in [3.63, 3.8) is 0 Å². The fourth-order valence-corrected chi connectivity index (χ4v) is 6.48. The van der Waals surface area contributed by atoms with E-state index in [0.29, 0.717) is 17.5 Å². The highest BCUT2D eigenvalue weighted by Crippen LogP contribution is 2.38. The number of aromatic nitrogens is 3. The molecule has 0 aliphatic carbocycles. The summed E-state index contributed by atoms with van der Waals surface area (Å²) in [5.41, 5.74) is 11.0. The molecule has 2 aromatic heterocycles. The third-order valence-electron chi connectivity index (χ3n) is 8.93. The Morgan fingerprint density at radius 1 is 0.306 bits per heavy atom. The summed E-state index contributed by atoms with van der Waals surface area (Å²) in [5, 5.41) is 2.13. The van der Waals surface area contributed by atoms with E-state index < -0.39 is 0 Å². The molecule has 0 atom stereocenters. The van der Waals surface area contributed by atoms with Crippen molar-refractivity contribution in [1.82, 2.24) is 15.0 Å². The normalized spacial score (nSPS) is 11.3. The van der Waals surface area contributed by atoms with Gasteiger partial charge in [-0.25, -0.2) is 15.0 Å². The molecule has 0 saturated carbocycles. The Labute approximate surface area is 284 Å². The molecule has 9 aromatic rings. The molecule has 0 unspecified atom stereocenters. The predicted molar refractivity (Wildman–Crippen MR) is 200 cm³/mol. The van der Waals surface area contributed by atoms with Crippen LogP contribution in [-0.2, 0) is 0 Å². The molecule has 0 N–H and O–H groups in total. The van der Waals surface area contributed by atoms with Crippen molar-refractivity contribution in [3.8, 4) is 67.5 Å². The van der Waals surface area contributed by atoms with E-state index in [1.54, 1.807) is 0 Å². The third kappa shape index (κ3) is 5.45. The number of nitrogens with zero attached hydrogens (tertiary/aromatic N) is 3. The number of hydrogen-bond acceptors (Lipinski definition) is 4. The largest absolute Gasteiger partial charge is 0.455 e. The maximum Gasteiger partial charge on any atom is 0.164 e. The highest BCUT2D eigenvalue weighted by Gasteiger charge is 2.17. The first kappa shape index (κ1) is 28.6. The van der Waals surface area contributed by atoms with E-state index in [2.05, 4.69) is 152 Å². The lowest BCUT2D eigenvalue weighted by Gasteiger charge is -2.10. The first-order valence-electron chi connectivity index (χ1n) is 16.4. The minimum absolute atomic E-state index is 0.584. The van der Waals surface area contributed by atoms with Crippen molar-refractivity contribution in [3.05, 3.63) is 176 Å². The Balaban J connectivity index is 1.21. The molecular formula is C45H29N3O. The second kappa shape index (κ2) is 12.2. The molecule has 0 spiro atoms. The average Bonchev–Trinajstić information content (AvgIpc) is 3.57. The summed E-state index contributed by atoms with van der Waals surface area (Å²) in [4.78, 5) is 15.2. The molecule has 0 aliphatic rings. The van der Waals surface area contributed by atoms with Gasteiger partial charge in [0.25, 0.3) is 0 Å². The zero-order valence-electron chi connectivity index (χ0n) is 26.5. The Morgan fingerprint density at radius 2 is 0.755 bits per heavy atom. The third-order valence-corrected chi connectivity index (χ3v) is 8.93. The van der Waals surface area contributed by atoms with E-state index in [1.165, 1.54) is 0 Å². The van der Waals surface area contributed by atoms with E-state index in [9.17, 15) is 0 Å². The van der Waals surface area contributed by atoms with Crippen LogP contribution in [0.1, 0.15) is 0 Å². The zero-order valence-corrected chi connectivity index (χ0v) is 26.5. The van der Waals surface area contributed by atoms with E-state index in [1.807, 2.05) is 24.3 Å². The summed E-state index contributed by atoms with van der Waals surface area (Å²) in [7, 11) is 0. The van der Waals surface area contributed by atoms with Crippen molar-refractivity contribution in [2.24, 2.45) is 0 Å². The van der Waals surface area contributed by atoms with Gasteiger partial charge in [-0.1, -0.05) is 152 Å². The number of rotatable bonds is 6. The van der Waals surface area contributed by atoms with Crippen molar-refractivity contribution in [2.45, 2.75) is 0 Å². The van der Waals surface area contributed by atoms with Crippen LogP contribution < -0.4 is 0 Å². The van der Waals surface area contributed by atoms with Crippen LogP contribution in [0, 0.1) is 0 Å². The van der Waals surface area contributed by atoms with Gasteiger partial charge in [0.2, 0.25) is 0 Å². The molecule has 0 amide bonds. The number of para-hydroxylation sites is 1. The summed E-state index contributed by atoms with van der Waals surface area (Å²) >= 11 is 0. The summed E-state index contributed by atoms with van der Waals surface area (Å²) in [6.07, 6.45) is 0. The minimum atomic E-state index is 0.584. The van der Waals surface area contributed by atoms with Crippen LogP contribution in [0.15, 0.2) is 180 Å². The van der Waals surface area contributed by atoms with Gasteiger partial charge in [-0.05, 0) is 52.1 Å². The fraction of sp³-hybridized carbons (Fsp3) is 0. The summed E-state index contributed by atoms with van der Waals surface area (Å²) in [5.74, 6) is 1.80. The van der Waals surface area contributed by atoms with Crippen LogP contribution in [0.5, 0.6) is 0 Å². The van der Waals surface area contributed by atoms with Crippen molar-refractivity contribution >= 4 is 21.9 Å². The van der Waals surface area contributed by atoms with E-state index >= 15 is 0 Å². The van der Waals surface area contributed by atoms with Crippen LogP contribution in [0.3, 0.4) is 0 Å². The highest BCUT2D eigenvalue weighted by molar-refractivity contribution is 6.10. The molecule has 0 saturated heterocycles. The van der Waals surface area contributed by atoms with Gasteiger partial charge in [0.1, 0.15) is 11.2 Å². The van der Waals surface area contributed by atoms with Gasteiger partial charge in [-0.2, -0.15) is 0 Å². The van der Waals surface area contributed by atoms with Gasteiger partial charge in [-0.15, -0.1) is 0 Å². The Bertz CT molecular complexity index is 2490. The van der Waals surface area contributed by atoms with E-state index in [-0.39, 0.29) is 0 Å². The zero-order chi connectivity index (χ0) is 32.6. The van der Waals surface area contributed by atoms with Crippen molar-refractivity contribution < 1.29 is 4.42 Å². The maximum absolute atomic E-state index is 6.59. The lowest BCUT2D eigenvalue weighted by Crippen LogP contribution is -2.00. The molecule has 0 bridgehead atoms. The standard InChI is InChI=1S/C45H29N3O/c1-4-13-30(14-5-1)33-19-10-21-35(27-33)43-46-44(36-22-11-20-34(28-36)31-15-6-2-7-16-31)48-45(47-43)37-25-26-39-40-24-12-23-38(32-17-8-3-9-18-32)42(40)49-41(39)29-37/h1-29H. The molecular weight excluding hydrogens is 599 g/mol. The Kier molecular flexibility index (Phi) is 7.10. The van der Waals surface area contributed by atoms with Gasteiger partial charge >= 0.3 is 0 Å². The summed E-state index contributed by atoms with van der Waals surface area (Å²) in [6, 6.07) is 60.4. The van der Waals surface area contributed by atoms with Gasteiger partial charge in [0, 0.05) is 33.0 Å². The van der Waals surface area contributed by atoms with Crippen LogP contribution in [0.2, 0.25) is 0 Å². The number of furan rings is 1. The van der Waals surface area contributed by atoms with E-state index in [0.717, 1.165) is 72.0 Å². The maximum atomic E-state index is 6.59. The number of fused-ring (bicyclic) bond motifs is 3. The first-order valence-corrected chi connectivity index (χ1v) is 16.4. The van der Waals surface area contributed by atoms with Gasteiger partial charge in [-0.3, -0.25) is 0 Å². The quantitative estimate of drug-likeness (QED) is 0.184. The first-order chi connectivity index (χ1) is 24.3. The number of hydrogen-bond donors (Lipinski definition) is 0. The topological polar surface area (TPSA) is 51.8 Å². The molecule has 0 fully saturated rings. The number of benzene rings is 7. The van der Waals surface area contributed by atoms with Gasteiger partial charge < -0.3 is 4.42 Å². The summed E-state index contributed by atoms with van der Waals surface area (Å²) < 4.78 is 6.59. The Morgan fingerprint density at radius 3 is 1.31 bits per heavy atom. The van der Waals surface area contributed by atoms with Crippen LogP contribution in [0.25, 0.3) is 89.5 Å². The molecule has 0 aliphatic heterocycles. The molecule has 7 aromatic carbocycles. The molecule has 4 nitrogen and oxygen atoms in total.